The fourth-order valence-electron chi connectivity index (χ4n) is 3.59. The smallest absolute Gasteiger partial charge is 0.264 e. The maximum absolute atomic E-state index is 13.7. The third-order valence-corrected chi connectivity index (χ3v) is 7.77. The Morgan fingerprint density at radius 2 is 1.67 bits per heavy atom. The first kappa shape index (κ1) is 27.3. The van der Waals surface area contributed by atoms with Crippen molar-refractivity contribution < 1.29 is 22.4 Å². The highest BCUT2D eigenvalue weighted by molar-refractivity contribution is 9.10. The van der Waals surface area contributed by atoms with E-state index in [0.717, 1.165) is 38.6 Å². The zero-order valence-corrected chi connectivity index (χ0v) is 22.3. The predicted molar refractivity (Wildman–Crippen MR) is 140 cm³/mol. The van der Waals surface area contributed by atoms with Gasteiger partial charge >= 0.3 is 0 Å². The van der Waals surface area contributed by atoms with Crippen LogP contribution in [0.25, 0.3) is 0 Å². The number of halogens is 2. The molecule has 10 heteroatoms. The highest BCUT2D eigenvalue weighted by Crippen LogP contribution is 2.25. The van der Waals surface area contributed by atoms with Gasteiger partial charge in [-0.25, -0.2) is 12.8 Å². The number of anilines is 1. The van der Waals surface area contributed by atoms with Crippen LogP contribution < -0.4 is 9.62 Å². The Bertz CT molecular complexity index is 1300. The van der Waals surface area contributed by atoms with E-state index in [9.17, 15) is 22.4 Å². The number of nitrogens with one attached hydrogen (secondary N) is 1. The normalized spacial score (nSPS) is 12.0. The zero-order chi connectivity index (χ0) is 26.3. The molecule has 36 heavy (non-hydrogen) atoms. The van der Waals surface area contributed by atoms with Crippen molar-refractivity contribution >= 4 is 43.5 Å². The summed E-state index contributed by atoms with van der Waals surface area (Å²) in [6, 6.07) is 19.0. The lowest BCUT2D eigenvalue weighted by molar-refractivity contribution is -0.139. The molecule has 0 saturated heterocycles. The second-order valence-corrected chi connectivity index (χ2v) is 10.8. The molecule has 0 unspecified atom stereocenters. The number of hydrogen-bond donors (Lipinski definition) is 1. The number of hydrogen-bond acceptors (Lipinski definition) is 4. The molecular formula is C26H27BrFN3O4S. The quantitative estimate of drug-likeness (QED) is 0.389. The first-order chi connectivity index (χ1) is 17.1. The lowest BCUT2D eigenvalue weighted by Gasteiger charge is -2.32. The topological polar surface area (TPSA) is 86.8 Å². The van der Waals surface area contributed by atoms with Crippen LogP contribution in [0.4, 0.5) is 10.1 Å². The van der Waals surface area contributed by atoms with Crippen LogP contribution in [0.5, 0.6) is 0 Å². The molecule has 3 rings (SSSR count). The van der Waals surface area contributed by atoms with Gasteiger partial charge in [0, 0.05) is 17.6 Å². The summed E-state index contributed by atoms with van der Waals surface area (Å²) in [6.07, 6.45) is 0. The Morgan fingerprint density at radius 3 is 2.28 bits per heavy atom. The van der Waals surface area contributed by atoms with Gasteiger partial charge in [-0.3, -0.25) is 13.9 Å². The van der Waals surface area contributed by atoms with E-state index in [0.29, 0.717) is 6.54 Å². The summed E-state index contributed by atoms with van der Waals surface area (Å²) in [7, 11) is -4.22. The molecule has 3 aromatic rings. The summed E-state index contributed by atoms with van der Waals surface area (Å²) in [4.78, 5) is 27.5. The van der Waals surface area contributed by atoms with Gasteiger partial charge in [0.05, 0.1) is 10.6 Å². The third-order valence-electron chi connectivity index (χ3n) is 5.48. The third kappa shape index (κ3) is 6.70. The van der Waals surface area contributed by atoms with Gasteiger partial charge in [0.25, 0.3) is 10.0 Å². The Balaban J connectivity index is 2.00. The van der Waals surface area contributed by atoms with Crippen molar-refractivity contribution in [3.63, 3.8) is 0 Å². The minimum absolute atomic E-state index is 0.0931. The van der Waals surface area contributed by atoms with Gasteiger partial charge in [0.1, 0.15) is 18.4 Å². The minimum Gasteiger partial charge on any atom is -0.355 e. The van der Waals surface area contributed by atoms with Crippen molar-refractivity contribution in [3.8, 4) is 0 Å². The molecule has 0 bridgehead atoms. The van der Waals surface area contributed by atoms with Crippen LogP contribution in [-0.4, -0.2) is 44.3 Å². The molecule has 1 atom stereocenters. The maximum Gasteiger partial charge on any atom is 0.264 e. The molecule has 2 amide bonds. The molecule has 0 heterocycles. The summed E-state index contributed by atoms with van der Waals surface area (Å²) in [5.41, 5.74) is 1.03. The number of sulfonamides is 1. The summed E-state index contributed by atoms with van der Waals surface area (Å²) in [5, 5.41) is 2.71. The maximum atomic E-state index is 13.7. The molecule has 0 saturated carbocycles. The molecule has 0 radical (unpaired) electrons. The van der Waals surface area contributed by atoms with Crippen molar-refractivity contribution in [1.29, 1.82) is 0 Å². The number of carbonyl (C=O) groups is 2. The van der Waals surface area contributed by atoms with Crippen LogP contribution in [-0.2, 0) is 26.2 Å². The van der Waals surface area contributed by atoms with E-state index in [1.165, 1.54) is 4.90 Å². The van der Waals surface area contributed by atoms with Crippen LogP contribution in [0.1, 0.15) is 19.4 Å². The standard InChI is InChI=1S/C26H27BrFN3O4S/c1-3-29-26(33)19(2)30(17-20-8-7-9-21(27)16-20)25(32)18-31(23-10-5-4-6-11-23)36(34,35)24-14-12-22(28)13-15-24/h4-16,19H,3,17-18H2,1-2H3,(H,29,33)/t19-/m0/s1. The van der Waals surface area contributed by atoms with Crippen LogP contribution in [0.15, 0.2) is 88.2 Å². The molecule has 0 aliphatic rings. The molecule has 0 aliphatic heterocycles. The molecule has 190 valence electrons. The van der Waals surface area contributed by atoms with Crippen LogP contribution in [0.2, 0.25) is 0 Å². The molecule has 0 aliphatic carbocycles. The monoisotopic (exact) mass is 575 g/mol. The van der Waals surface area contributed by atoms with Gasteiger partial charge in [-0.1, -0.05) is 46.3 Å². The van der Waals surface area contributed by atoms with Crippen molar-refractivity contribution in [3.05, 3.63) is 94.7 Å². The Kier molecular flexibility index (Phi) is 9.22. The number of likely N-dealkylation sites (N-methyl/N-ethyl adjacent to an activating group) is 1. The largest absolute Gasteiger partial charge is 0.355 e. The van der Waals surface area contributed by atoms with Crippen LogP contribution >= 0.6 is 15.9 Å². The van der Waals surface area contributed by atoms with E-state index >= 15 is 0 Å². The fourth-order valence-corrected chi connectivity index (χ4v) is 5.45. The van der Waals surface area contributed by atoms with E-state index in [-0.39, 0.29) is 23.0 Å². The van der Waals surface area contributed by atoms with E-state index in [4.69, 9.17) is 0 Å². The van der Waals surface area contributed by atoms with Crippen molar-refractivity contribution in [1.82, 2.24) is 10.2 Å². The Morgan fingerprint density at radius 1 is 1.00 bits per heavy atom. The van der Waals surface area contributed by atoms with Crippen LogP contribution in [0, 0.1) is 5.82 Å². The van der Waals surface area contributed by atoms with Crippen molar-refractivity contribution in [2.45, 2.75) is 31.3 Å². The number of para-hydroxylation sites is 1. The zero-order valence-electron chi connectivity index (χ0n) is 19.9. The minimum atomic E-state index is -4.22. The molecule has 7 nitrogen and oxygen atoms in total. The highest BCUT2D eigenvalue weighted by atomic mass is 79.9. The van der Waals surface area contributed by atoms with E-state index < -0.39 is 34.3 Å². The van der Waals surface area contributed by atoms with E-state index in [2.05, 4.69) is 21.2 Å². The van der Waals surface area contributed by atoms with Gasteiger partial charge in [-0.05, 0) is 67.9 Å². The summed E-state index contributed by atoms with van der Waals surface area (Å²) in [5.74, 6) is -1.50. The number of rotatable bonds is 10. The molecule has 1 N–H and O–H groups in total. The summed E-state index contributed by atoms with van der Waals surface area (Å²) >= 11 is 3.41. The SMILES string of the molecule is CCNC(=O)[C@H](C)N(Cc1cccc(Br)c1)C(=O)CN(c1ccccc1)S(=O)(=O)c1ccc(F)cc1. The first-order valence-electron chi connectivity index (χ1n) is 11.3. The lowest BCUT2D eigenvalue weighted by Crippen LogP contribution is -2.51. The van der Waals surface area contributed by atoms with Crippen molar-refractivity contribution in [2.75, 3.05) is 17.4 Å². The van der Waals surface area contributed by atoms with Gasteiger partial charge in [0.15, 0.2) is 0 Å². The first-order valence-corrected chi connectivity index (χ1v) is 13.5. The van der Waals surface area contributed by atoms with E-state index in [1.807, 2.05) is 24.3 Å². The second kappa shape index (κ2) is 12.1. The Labute approximate surface area is 219 Å². The number of benzene rings is 3. The average Bonchev–Trinajstić information content (AvgIpc) is 2.86. The number of nitrogens with zero attached hydrogens (tertiary/aromatic N) is 2. The van der Waals surface area contributed by atoms with E-state index in [1.54, 1.807) is 44.2 Å². The molecule has 0 aromatic heterocycles. The lowest BCUT2D eigenvalue weighted by atomic mass is 10.1. The molecule has 0 spiro atoms. The van der Waals surface area contributed by atoms with Gasteiger partial charge in [-0.15, -0.1) is 0 Å². The summed E-state index contributed by atoms with van der Waals surface area (Å²) < 4.78 is 42.4. The molecular weight excluding hydrogens is 549 g/mol. The second-order valence-electron chi connectivity index (χ2n) is 8.02. The van der Waals surface area contributed by atoms with Gasteiger partial charge in [-0.2, -0.15) is 0 Å². The Hall–Kier alpha value is -3.24. The highest BCUT2D eigenvalue weighted by Gasteiger charge is 2.32. The fraction of sp³-hybridized carbons (Fsp3) is 0.231. The van der Waals surface area contributed by atoms with Gasteiger partial charge < -0.3 is 10.2 Å². The van der Waals surface area contributed by atoms with Crippen molar-refractivity contribution in [2.24, 2.45) is 0 Å². The molecule has 3 aromatic carbocycles. The number of carbonyl (C=O) groups excluding carboxylic acids is 2. The van der Waals surface area contributed by atoms with Gasteiger partial charge in [0.2, 0.25) is 11.8 Å². The van der Waals surface area contributed by atoms with Crippen LogP contribution in [0.3, 0.4) is 0 Å². The summed E-state index contributed by atoms with van der Waals surface area (Å²) in [6.45, 7) is 3.30. The number of amides is 2. The predicted octanol–water partition coefficient (Wildman–Crippen LogP) is 4.34. The average molecular weight is 576 g/mol. The molecule has 0 fully saturated rings.